The van der Waals surface area contributed by atoms with E-state index in [1.165, 1.54) is 11.3 Å². The second kappa shape index (κ2) is 6.14. The molecule has 2 heterocycles. The summed E-state index contributed by atoms with van der Waals surface area (Å²) in [5.74, 6) is 1.19. The topological polar surface area (TPSA) is 51.0 Å². The maximum Gasteiger partial charge on any atom is 0.259 e. The summed E-state index contributed by atoms with van der Waals surface area (Å²) in [7, 11) is 0. The zero-order valence-electron chi connectivity index (χ0n) is 9.57. The van der Waals surface area contributed by atoms with E-state index in [-0.39, 0.29) is 0 Å². The molecule has 92 valence electrons. The molecule has 0 aliphatic carbocycles. The van der Waals surface area contributed by atoms with Gasteiger partial charge in [-0.15, -0.1) is 21.5 Å². The summed E-state index contributed by atoms with van der Waals surface area (Å²) in [6.45, 7) is 4.04. The van der Waals surface area contributed by atoms with Crippen LogP contribution in [0, 0.1) is 0 Å². The highest BCUT2D eigenvalue weighted by Crippen LogP contribution is 2.32. The van der Waals surface area contributed by atoms with Gasteiger partial charge in [-0.05, 0) is 31.0 Å². The lowest BCUT2D eigenvalue weighted by atomic mass is 10.3. The third-order valence-electron chi connectivity index (χ3n) is 2.27. The summed E-state index contributed by atoms with van der Waals surface area (Å²) in [6.07, 6.45) is 1.79. The normalized spacial score (nSPS) is 10.9. The summed E-state index contributed by atoms with van der Waals surface area (Å²) < 4.78 is 5.57. The van der Waals surface area contributed by atoms with Crippen LogP contribution in [0.3, 0.4) is 0 Å². The van der Waals surface area contributed by atoms with E-state index in [0.29, 0.717) is 16.8 Å². The molecule has 0 aliphatic rings. The highest BCUT2D eigenvalue weighted by molar-refractivity contribution is 7.14. The summed E-state index contributed by atoms with van der Waals surface area (Å²) in [4.78, 5) is 0.845. The second-order valence-electron chi connectivity index (χ2n) is 3.56. The van der Waals surface area contributed by atoms with Gasteiger partial charge in [0, 0.05) is 6.42 Å². The Balaban J connectivity index is 1.95. The first-order chi connectivity index (χ1) is 8.31. The van der Waals surface area contributed by atoms with Crippen LogP contribution in [0.15, 0.2) is 15.9 Å². The molecular weight excluding hydrogens is 258 g/mol. The number of hydrogen-bond acceptors (Lipinski definition) is 5. The second-order valence-corrected chi connectivity index (χ2v) is 4.88. The van der Waals surface area contributed by atoms with Crippen molar-refractivity contribution in [3.8, 4) is 10.8 Å². The van der Waals surface area contributed by atoms with E-state index in [1.54, 1.807) is 0 Å². The molecule has 0 saturated carbocycles. The molecule has 2 aromatic heterocycles. The molecule has 0 spiro atoms. The molecule has 6 heteroatoms. The van der Waals surface area contributed by atoms with Crippen molar-refractivity contribution in [2.45, 2.75) is 19.8 Å². The molecule has 0 radical (unpaired) electrons. The van der Waals surface area contributed by atoms with Crippen molar-refractivity contribution in [2.75, 3.05) is 13.1 Å². The summed E-state index contributed by atoms with van der Waals surface area (Å²) >= 11 is 7.51. The lowest BCUT2D eigenvalue weighted by Gasteiger charge is -1.97. The van der Waals surface area contributed by atoms with Crippen molar-refractivity contribution in [3.63, 3.8) is 0 Å². The third kappa shape index (κ3) is 3.28. The summed E-state index contributed by atoms with van der Waals surface area (Å²) in [6, 6.07) is 1.83. The fraction of sp³-hybridized carbons (Fsp3) is 0.455. The Labute approximate surface area is 109 Å². The SMILES string of the molecule is CCNCCCc1nnc(-c2sccc2Cl)o1. The molecule has 0 amide bonds. The smallest absolute Gasteiger partial charge is 0.259 e. The molecule has 0 unspecified atom stereocenters. The van der Waals surface area contributed by atoms with E-state index >= 15 is 0 Å². The number of halogens is 1. The molecule has 17 heavy (non-hydrogen) atoms. The minimum absolute atomic E-state index is 0.517. The van der Waals surface area contributed by atoms with Gasteiger partial charge in [-0.3, -0.25) is 0 Å². The minimum Gasteiger partial charge on any atom is -0.420 e. The first-order valence-electron chi connectivity index (χ1n) is 5.57. The average Bonchev–Trinajstić information content (AvgIpc) is 2.93. The van der Waals surface area contributed by atoms with Gasteiger partial charge in [0.05, 0.1) is 5.02 Å². The molecule has 0 aromatic carbocycles. The fourth-order valence-corrected chi connectivity index (χ4v) is 2.49. The van der Waals surface area contributed by atoms with Crippen LogP contribution < -0.4 is 5.32 Å². The molecule has 1 N–H and O–H groups in total. The van der Waals surface area contributed by atoms with Crippen LogP contribution >= 0.6 is 22.9 Å². The van der Waals surface area contributed by atoms with Crippen LogP contribution in [0.5, 0.6) is 0 Å². The van der Waals surface area contributed by atoms with Gasteiger partial charge in [0.25, 0.3) is 5.89 Å². The van der Waals surface area contributed by atoms with Crippen molar-refractivity contribution < 1.29 is 4.42 Å². The lowest BCUT2D eigenvalue weighted by Crippen LogP contribution is -2.14. The molecule has 2 aromatic rings. The van der Waals surface area contributed by atoms with E-state index in [1.807, 2.05) is 11.4 Å². The van der Waals surface area contributed by atoms with E-state index in [0.717, 1.165) is 30.8 Å². The number of hydrogen-bond donors (Lipinski definition) is 1. The summed E-state index contributed by atoms with van der Waals surface area (Å²) in [5.41, 5.74) is 0. The van der Waals surface area contributed by atoms with Gasteiger partial charge in [-0.2, -0.15) is 0 Å². The molecule has 0 fully saturated rings. The van der Waals surface area contributed by atoms with Crippen LogP contribution in [0.25, 0.3) is 10.8 Å². The zero-order chi connectivity index (χ0) is 12.1. The van der Waals surface area contributed by atoms with Crippen molar-refractivity contribution in [3.05, 3.63) is 22.4 Å². The predicted octanol–water partition coefficient (Wildman–Crippen LogP) is 2.99. The predicted molar refractivity (Wildman–Crippen MR) is 69.5 cm³/mol. The van der Waals surface area contributed by atoms with Crippen molar-refractivity contribution in [2.24, 2.45) is 0 Å². The Hall–Kier alpha value is -0.910. The van der Waals surface area contributed by atoms with E-state index < -0.39 is 0 Å². The van der Waals surface area contributed by atoms with Crippen molar-refractivity contribution in [1.82, 2.24) is 15.5 Å². The molecule has 0 saturated heterocycles. The minimum atomic E-state index is 0.517. The maximum atomic E-state index is 6.00. The first-order valence-corrected chi connectivity index (χ1v) is 6.83. The highest BCUT2D eigenvalue weighted by atomic mass is 35.5. The van der Waals surface area contributed by atoms with Crippen molar-refractivity contribution >= 4 is 22.9 Å². The van der Waals surface area contributed by atoms with Crippen LogP contribution in [0.4, 0.5) is 0 Å². The molecule has 4 nitrogen and oxygen atoms in total. The van der Waals surface area contributed by atoms with E-state index in [2.05, 4.69) is 22.4 Å². The number of aromatic nitrogens is 2. The molecule has 0 aliphatic heterocycles. The largest absolute Gasteiger partial charge is 0.420 e. The van der Waals surface area contributed by atoms with Gasteiger partial charge in [0.15, 0.2) is 0 Å². The Kier molecular flexibility index (Phi) is 4.53. The average molecular weight is 272 g/mol. The number of aryl methyl sites for hydroxylation is 1. The first kappa shape index (κ1) is 12.5. The Bertz CT molecular complexity index is 469. The lowest BCUT2D eigenvalue weighted by molar-refractivity contribution is 0.493. The van der Waals surface area contributed by atoms with Gasteiger partial charge in [-0.1, -0.05) is 18.5 Å². The quantitative estimate of drug-likeness (QED) is 0.821. The van der Waals surface area contributed by atoms with Crippen LogP contribution in [0.2, 0.25) is 5.02 Å². The maximum absolute atomic E-state index is 6.00. The van der Waals surface area contributed by atoms with Crippen LogP contribution in [-0.4, -0.2) is 23.3 Å². The van der Waals surface area contributed by atoms with Gasteiger partial charge < -0.3 is 9.73 Å². The Morgan fingerprint density at radius 1 is 1.47 bits per heavy atom. The molecule has 0 atom stereocenters. The Morgan fingerprint density at radius 2 is 2.35 bits per heavy atom. The number of thiophene rings is 1. The fourth-order valence-electron chi connectivity index (χ4n) is 1.43. The van der Waals surface area contributed by atoms with Gasteiger partial charge >= 0.3 is 0 Å². The number of rotatable bonds is 6. The van der Waals surface area contributed by atoms with E-state index in [9.17, 15) is 0 Å². The van der Waals surface area contributed by atoms with Gasteiger partial charge in [-0.25, -0.2) is 0 Å². The van der Waals surface area contributed by atoms with Crippen LogP contribution in [-0.2, 0) is 6.42 Å². The van der Waals surface area contributed by atoms with Gasteiger partial charge in [0.1, 0.15) is 4.88 Å². The molecular formula is C11H14ClN3OS. The van der Waals surface area contributed by atoms with Crippen LogP contribution in [0.1, 0.15) is 19.2 Å². The molecule has 0 bridgehead atoms. The third-order valence-corrected chi connectivity index (χ3v) is 3.60. The monoisotopic (exact) mass is 271 g/mol. The standard InChI is InChI=1S/C11H14ClN3OS/c1-2-13-6-3-4-9-14-15-11(16-9)10-8(12)5-7-17-10/h5,7,13H,2-4,6H2,1H3. The van der Waals surface area contributed by atoms with Crippen molar-refractivity contribution in [1.29, 1.82) is 0 Å². The number of nitrogens with one attached hydrogen (secondary N) is 1. The molecule has 2 rings (SSSR count). The Morgan fingerprint density at radius 3 is 3.06 bits per heavy atom. The highest BCUT2D eigenvalue weighted by Gasteiger charge is 2.12. The number of nitrogens with zero attached hydrogens (tertiary/aromatic N) is 2. The summed E-state index contributed by atoms with van der Waals surface area (Å²) in [5, 5.41) is 13.8. The van der Waals surface area contributed by atoms with Gasteiger partial charge in [0.2, 0.25) is 5.89 Å². The van der Waals surface area contributed by atoms with E-state index in [4.69, 9.17) is 16.0 Å². The zero-order valence-corrected chi connectivity index (χ0v) is 11.1.